The first-order chi connectivity index (χ1) is 6.36. The first kappa shape index (κ1) is 9.16. The minimum atomic E-state index is 0.300. The van der Waals surface area contributed by atoms with E-state index in [1.165, 1.54) is 0 Å². The van der Waals surface area contributed by atoms with E-state index < -0.39 is 0 Å². The standard InChI is InChI=1S/C10H17NO2/c12-10(5-8-6-11-7-8)9-1-3-13-4-2-9/h8-9,11H,1-7H2. The molecule has 2 rings (SSSR count). The van der Waals surface area contributed by atoms with Crippen LogP contribution in [0.25, 0.3) is 0 Å². The number of hydrogen-bond acceptors (Lipinski definition) is 3. The largest absolute Gasteiger partial charge is 0.381 e. The Kier molecular flexibility index (Phi) is 2.96. The monoisotopic (exact) mass is 183 g/mol. The SMILES string of the molecule is O=C(CC1CNC1)C1CCOCC1. The molecule has 0 atom stereocenters. The van der Waals surface area contributed by atoms with Crippen molar-refractivity contribution < 1.29 is 9.53 Å². The zero-order valence-electron chi connectivity index (χ0n) is 7.92. The second-order valence-electron chi connectivity index (χ2n) is 4.08. The minimum Gasteiger partial charge on any atom is -0.381 e. The quantitative estimate of drug-likeness (QED) is 0.696. The van der Waals surface area contributed by atoms with Gasteiger partial charge in [-0.15, -0.1) is 0 Å². The van der Waals surface area contributed by atoms with Crippen molar-refractivity contribution >= 4 is 5.78 Å². The van der Waals surface area contributed by atoms with Gasteiger partial charge in [0.1, 0.15) is 5.78 Å². The highest BCUT2D eigenvalue weighted by molar-refractivity contribution is 5.81. The Labute approximate surface area is 78.8 Å². The lowest BCUT2D eigenvalue weighted by Crippen LogP contribution is -2.43. The molecule has 13 heavy (non-hydrogen) atoms. The van der Waals surface area contributed by atoms with E-state index in [9.17, 15) is 4.79 Å². The number of Topliss-reactive ketones (excluding diaryl/α,β-unsaturated/α-hetero) is 1. The van der Waals surface area contributed by atoms with Crippen LogP contribution in [0.3, 0.4) is 0 Å². The first-order valence-electron chi connectivity index (χ1n) is 5.17. The van der Waals surface area contributed by atoms with E-state index in [4.69, 9.17) is 4.74 Å². The maximum Gasteiger partial charge on any atom is 0.136 e. The van der Waals surface area contributed by atoms with Crippen molar-refractivity contribution in [3.8, 4) is 0 Å². The average Bonchev–Trinajstić information content (AvgIpc) is 2.12. The Bertz CT molecular complexity index is 183. The molecule has 0 aromatic heterocycles. The predicted octanol–water partition coefficient (Wildman–Crippen LogP) is 0.592. The number of ketones is 1. The molecule has 3 nitrogen and oxygen atoms in total. The Hall–Kier alpha value is -0.410. The van der Waals surface area contributed by atoms with Crippen molar-refractivity contribution in [1.29, 1.82) is 0 Å². The van der Waals surface area contributed by atoms with Gasteiger partial charge in [0.15, 0.2) is 0 Å². The van der Waals surface area contributed by atoms with Gasteiger partial charge in [-0.3, -0.25) is 4.79 Å². The predicted molar refractivity (Wildman–Crippen MR) is 49.5 cm³/mol. The van der Waals surface area contributed by atoms with E-state index in [1.807, 2.05) is 0 Å². The maximum atomic E-state index is 11.7. The fraction of sp³-hybridized carbons (Fsp3) is 0.900. The smallest absolute Gasteiger partial charge is 0.136 e. The van der Waals surface area contributed by atoms with E-state index in [-0.39, 0.29) is 0 Å². The molecule has 2 aliphatic heterocycles. The molecule has 3 heteroatoms. The number of hydrogen-bond donors (Lipinski definition) is 1. The molecule has 0 unspecified atom stereocenters. The van der Waals surface area contributed by atoms with Gasteiger partial charge in [0.25, 0.3) is 0 Å². The minimum absolute atomic E-state index is 0.300. The van der Waals surface area contributed by atoms with Gasteiger partial charge in [-0.05, 0) is 31.8 Å². The lowest BCUT2D eigenvalue weighted by Gasteiger charge is -2.29. The zero-order chi connectivity index (χ0) is 9.10. The molecule has 0 saturated carbocycles. The van der Waals surface area contributed by atoms with Crippen LogP contribution >= 0.6 is 0 Å². The average molecular weight is 183 g/mol. The molecule has 0 bridgehead atoms. The van der Waals surface area contributed by atoms with E-state index in [1.54, 1.807) is 0 Å². The van der Waals surface area contributed by atoms with Crippen molar-refractivity contribution in [1.82, 2.24) is 5.32 Å². The molecular formula is C10H17NO2. The topological polar surface area (TPSA) is 38.3 Å². The van der Waals surface area contributed by atoms with Gasteiger partial charge in [0, 0.05) is 25.6 Å². The second-order valence-corrected chi connectivity index (χ2v) is 4.08. The fourth-order valence-corrected chi connectivity index (χ4v) is 1.96. The summed E-state index contributed by atoms with van der Waals surface area (Å²) < 4.78 is 5.23. The summed E-state index contributed by atoms with van der Waals surface area (Å²) in [7, 11) is 0. The molecule has 1 N–H and O–H groups in total. The lowest BCUT2D eigenvalue weighted by molar-refractivity contribution is -0.127. The lowest BCUT2D eigenvalue weighted by atomic mass is 9.87. The van der Waals surface area contributed by atoms with Crippen LogP contribution in [0, 0.1) is 11.8 Å². The number of carbonyl (C=O) groups excluding carboxylic acids is 1. The fourth-order valence-electron chi connectivity index (χ4n) is 1.96. The van der Waals surface area contributed by atoms with Crippen LogP contribution in [0.2, 0.25) is 0 Å². The van der Waals surface area contributed by atoms with Crippen LogP contribution in [0.4, 0.5) is 0 Å². The molecule has 0 aromatic carbocycles. The summed E-state index contributed by atoms with van der Waals surface area (Å²) in [6, 6.07) is 0. The van der Waals surface area contributed by atoms with E-state index >= 15 is 0 Å². The van der Waals surface area contributed by atoms with Gasteiger partial charge < -0.3 is 10.1 Å². The molecule has 0 aromatic rings. The molecule has 2 fully saturated rings. The second kappa shape index (κ2) is 4.20. The van der Waals surface area contributed by atoms with Crippen LogP contribution in [0.1, 0.15) is 19.3 Å². The van der Waals surface area contributed by atoms with Crippen molar-refractivity contribution in [3.05, 3.63) is 0 Å². The third-order valence-electron chi connectivity index (χ3n) is 3.03. The van der Waals surface area contributed by atoms with Gasteiger partial charge in [0.05, 0.1) is 0 Å². The van der Waals surface area contributed by atoms with Gasteiger partial charge in [-0.25, -0.2) is 0 Å². The van der Waals surface area contributed by atoms with Gasteiger partial charge in [0.2, 0.25) is 0 Å². The van der Waals surface area contributed by atoms with Crippen molar-refractivity contribution in [2.24, 2.45) is 11.8 Å². The van der Waals surface area contributed by atoms with Crippen molar-refractivity contribution in [2.75, 3.05) is 26.3 Å². The van der Waals surface area contributed by atoms with Gasteiger partial charge in [-0.1, -0.05) is 0 Å². The molecular weight excluding hydrogens is 166 g/mol. The summed E-state index contributed by atoms with van der Waals surface area (Å²) in [6.45, 7) is 3.63. The summed E-state index contributed by atoms with van der Waals surface area (Å²) in [5, 5.41) is 3.19. The van der Waals surface area contributed by atoms with Crippen molar-refractivity contribution in [3.63, 3.8) is 0 Å². The van der Waals surface area contributed by atoms with Crippen LogP contribution in [-0.4, -0.2) is 32.1 Å². The highest BCUT2D eigenvalue weighted by Gasteiger charge is 2.26. The molecule has 0 amide bonds. The zero-order valence-corrected chi connectivity index (χ0v) is 7.92. The Morgan fingerprint density at radius 1 is 1.31 bits per heavy atom. The number of nitrogens with one attached hydrogen (secondary N) is 1. The van der Waals surface area contributed by atoms with E-state index in [0.717, 1.165) is 45.6 Å². The van der Waals surface area contributed by atoms with Crippen molar-refractivity contribution in [2.45, 2.75) is 19.3 Å². The third kappa shape index (κ3) is 2.29. The Balaban J connectivity index is 1.74. The summed E-state index contributed by atoms with van der Waals surface area (Å²) in [5.41, 5.74) is 0. The molecule has 0 aliphatic carbocycles. The molecule has 2 saturated heterocycles. The summed E-state index contributed by atoms with van der Waals surface area (Å²) in [4.78, 5) is 11.7. The Morgan fingerprint density at radius 2 is 2.00 bits per heavy atom. The maximum absolute atomic E-state index is 11.7. The number of carbonyl (C=O) groups is 1. The molecule has 2 heterocycles. The molecule has 2 aliphatic rings. The number of rotatable bonds is 3. The van der Waals surface area contributed by atoms with Crippen LogP contribution in [0.5, 0.6) is 0 Å². The normalized spacial score (nSPS) is 25.5. The van der Waals surface area contributed by atoms with E-state index in [0.29, 0.717) is 17.6 Å². The highest BCUT2D eigenvalue weighted by atomic mass is 16.5. The van der Waals surface area contributed by atoms with Crippen LogP contribution in [-0.2, 0) is 9.53 Å². The molecule has 74 valence electrons. The molecule has 0 spiro atoms. The van der Waals surface area contributed by atoms with Crippen LogP contribution in [0.15, 0.2) is 0 Å². The third-order valence-corrected chi connectivity index (χ3v) is 3.03. The first-order valence-corrected chi connectivity index (χ1v) is 5.17. The highest BCUT2D eigenvalue weighted by Crippen LogP contribution is 2.20. The van der Waals surface area contributed by atoms with Gasteiger partial charge in [-0.2, -0.15) is 0 Å². The number of ether oxygens (including phenoxy) is 1. The summed E-state index contributed by atoms with van der Waals surface area (Å²) in [6.07, 6.45) is 2.68. The summed E-state index contributed by atoms with van der Waals surface area (Å²) >= 11 is 0. The van der Waals surface area contributed by atoms with Gasteiger partial charge >= 0.3 is 0 Å². The van der Waals surface area contributed by atoms with E-state index in [2.05, 4.69) is 5.32 Å². The molecule has 0 radical (unpaired) electrons. The van der Waals surface area contributed by atoms with Crippen LogP contribution < -0.4 is 5.32 Å². The Morgan fingerprint density at radius 3 is 2.54 bits per heavy atom. The summed E-state index contributed by atoms with van der Waals surface area (Å²) in [5.74, 6) is 1.39.